The summed E-state index contributed by atoms with van der Waals surface area (Å²) in [6.07, 6.45) is 2.72. The second kappa shape index (κ2) is 8.55. The maximum absolute atomic E-state index is 11.8. The number of sulfonamides is 1. The van der Waals surface area contributed by atoms with E-state index in [4.69, 9.17) is 4.74 Å². The van der Waals surface area contributed by atoms with Crippen LogP contribution in [0, 0.1) is 0 Å². The maximum atomic E-state index is 11.8. The highest BCUT2D eigenvalue weighted by molar-refractivity contribution is 7.88. The van der Waals surface area contributed by atoms with E-state index in [1.807, 2.05) is 24.3 Å². The molecule has 0 aliphatic rings. The Morgan fingerprint density at radius 2 is 2.00 bits per heavy atom. The van der Waals surface area contributed by atoms with Crippen LogP contribution in [0.3, 0.4) is 0 Å². The van der Waals surface area contributed by atoms with Crippen LogP contribution in [-0.2, 0) is 21.4 Å². The Morgan fingerprint density at radius 3 is 2.50 bits per heavy atom. The average Bonchev–Trinajstić information content (AvgIpc) is 2.48. The number of amides is 1. The zero-order valence-electron chi connectivity index (χ0n) is 12.9. The van der Waals surface area contributed by atoms with Crippen molar-refractivity contribution in [1.29, 1.82) is 0 Å². The average molecular weight is 326 g/mol. The third-order valence-electron chi connectivity index (χ3n) is 3.04. The van der Waals surface area contributed by atoms with Crippen molar-refractivity contribution in [3.63, 3.8) is 0 Å². The largest absolute Gasteiger partial charge is 0.497 e. The van der Waals surface area contributed by atoms with Crippen molar-refractivity contribution < 1.29 is 17.9 Å². The van der Waals surface area contributed by atoms with Gasteiger partial charge in [-0.1, -0.05) is 18.2 Å². The molecule has 122 valence electrons. The standard InChI is InChI=1S/C15H22N2O4S/c1-4-10-17(22(3,19)20)11-9-15(18)16-12-13-5-7-14(21-2)8-6-13/h4-8H,1,9-12H2,2-3H3,(H,16,18). The van der Waals surface area contributed by atoms with Gasteiger partial charge >= 0.3 is 0 Å². The van der Waals surface area contributed by atoms with Crippen LogP contribution in [0.1, 0.15) is 12.0 Å². The number of nitrogens with zero attached hydrogens (tertiary/aromatic N) is 1. The van der Waals surface area contributed by atoms with Gasteiger partial charge in [0.25, 0.3) is 0 Å². The summed E-state index contributed by atoms with van der Waals surface area (Å²) in [5.74, 6) is 0.553. The molecular formula is C15H22N2O4S. The van der Waals surface area contributed by atoms with Crippen molar-refractivity contribution in [2.45, 2.75) is 13.0 Å². The molecule has 6 nitrogen and oxygen atoms in total. The minimum atomic E-state index is -3.33. The Bertz CT molecular complexity index is 596. The van der Waals surface area contributed by atoms with Crippen LogP contribution >= 0.6 is 0 Å². The highest BCUT2D eigenvalue weighted by Crippen LogP contribution is 2.11. The zero-order chi connectivity index (χ0) is 16.6. The fourth-order valence-electron chi connectivity index (χ4n) is 1.80. The molecule has 1 amide bonds. The number of hydrogen-bond acceptors (Lipinski definition) is 4. The molecule has 0 unspecified atom stereocenters. The minimum Gasteiger partial charge on any atom is -0.497 e. The molecule has 0 spiro atoms. The Labute approximate surface area is 131 Å². The van der Waals surface area contributed by atoms with Gasteiger partial charge < -0.3 is 10.1 Å². The number of carbonyl (C=O) groups excluding carboxylic acids is 1. The SMILES string of the molecule is C=CCN(CCC(=O)NCc1ccc(OC)cc1)S(C)(=O)=O. The zero-order valence-corrected chi connectivity index (χ0v) is 13.7. The van der Waals surface area contributed by atoms with Crippen molar-refractivity contribution in [2.75, 3.05) is 26.5 Å². The van der Waals surface area contributed by atoms with E-state index in [-0.39, 0.29) is 25.4 Å². The van der Waals surface area contributed by atoms with Crippen LogP contribution in [-0.4, -0.2) is 45.1 Å². The van der Waals surface area contributed by atoms with Gasteiger partial charge in [0.05, 0.1) is 13.4 Å². The number of methoxy groups -OCH3 is 1. The number of rotatable bonds is 9. The fraction of sp³-hybridized carbons (Fsp3) is 0.400. The summed E-state index contributed by atoms with van der Waals surface area (Å²) in [5, 5.41) is 2.76. The minimum absolute atomic E-state index is 0.108. The molecule has 0 aliphatic heterocycles. The van der Waals surface area contributed by atoms with Gasteiger partial charge in [-0.05, 0) is 17.7 Å². The van der Waals surface area contributed by atoms with Gasteiger partial charge in [0, 0.05) is 26.1 Å². The molecule has 0 fully saturated rings. The topological polar surface area (TPSA) is 75.7 Å². The smallest absolute Gasteiger partial charge is 0.221 e. The number of ether oxygens (including phenoxy) is 1. The van der Waals surface area contributed by atoms with Crippen molar-refractivity contribution in [3.05, 3.63) is 42.5 Å². The second-order valence-corrected chi connectivity index (χ2v) is 6.77. The van der Waals surface area contributed by atoms with Gasteiger partial charge in [0.2, 0.25) is 15.9 Å². The Morgan fingerprint density at radius 1 is 1.36 bits per heavy atom. The molecule has 0 heterocycles. The molecule has 0 aromatic heterocycles. The fourth-order valence-corrected chi connectivity index (χ4v) is 2.59. The van der Waals surface area contributed by atoms with Gasteiger partial charge in [-0.15, -0.1) is 6.58 Å². The first-order valence-corrected chi connectivity index (χ1v) is 8.67. The molecule has 22 heavy (non-hydrogen) atoms. The summed E-state index contributed by atoms with van der Waals surface area (Å²) >= 11 is 0. The van der Waals surface area contributed by atoms with Crippen LogP contribution in [0.5, 0.6) is 5.75 Å². The molecule has 0 saturated heterocycles. The third kappa shape index (κ3) is 6.28. The Kier molecular flexibility index (Phi) is 7.07. The molecule has 0 aliphatic carbocycles. The van der Waals surface area contributed by atoms with Crippen LogP contribution in [0.2, 0.25) is 0 Å². The monoisotopic (exact) mass is 326 g/mol. The Balaban J connectivity index is 2.43. The summed E-state index contributed by atoms with van der Waals surface area (Å²) in [5.41, 5.74) is 0.945. The lowest BCUT2D eigenvalue weighted by molar-refractivity contribution is -0.121. The van der Waals surface area contributed by atoms with Gasteiger partial charge in [0.15, 0.2) is 0 Å². The molecule has 0 radical (unpaired) electrons. The summed E-state index contributed by atoms with van der Waals surface area (Å²) < 4.78 is 29.3. The van der Waals surface area contributed by atoms with E-state index in [0.717, 1.165) is 17.6 Å². The van der Waals surface area contributed by atoms with Crippen molar-refractivity contribution in [3.8, 4) is 5.75 Å². The lowest BCUT2D eigenvalue weighted by atomic mass is 10.2. The van der Waals surface area contributed by atoms with E-state index in [9.17, 15) is 13.2 Å². The highest BCUT2D eigenvalue weighted by atomic mass is 32.2. The predicted octanol–water partition coefficient (Wildman–Crippen LogP) is 1.15. The first kappa shape index (κ1) is 18.2. The van der Waals surface area contributed by atoms with Gasteiger partial charge in [0.1, 0.15) is 5.75 Å². The quantitative estimate of drug-likeness (QED) is 0.691. The molecule has 0 bridgehead atoms. The van der Waals surface area contributed by atoms with E-state index in [1.54, 1.807) is 7.11 Å². The van der Waals surface area contributed by atoms with Gasteiger partial charge in [-0.3, -0.25) is 4.79 Å². The maximum Gasteiger partial charge on any atom is 0.221 e. The predicted molar refractivity (Wildman–Crippen MR) is 86.1 cm³/mol. The van der Waals surface area contributed by atoms with Crippen LogP contribution in [0.4, 0.5) is 0 Å². The van der Waals surface area contributed by atoms with E-state index in [2.05, 4.69) is 11.9 Å². The van der Waals surface area contributed by atoms with Crippen LogP contribution in [0.15, 0.2) is 36.9 Å². The number of hydrogen-bond donors (Lipinski definition) is 1. The molecule has 1 N–H and O–H groups in total. The molecule has 1 aromatic rings. The summed E-state index contributed by atoms with van der Waals surface area (Å²) in [4.78, 5) is 11.8. The van der Waals surface area contributed by atoms with Crippen LogP contribution in [0.25, 0.3) is 0 Å². The molecule has 1 aromatic carbocycles. The lowest BCUT2D eigenvalue weighted by Crippen LogP contribution is -2.34. The summed E-state index contributed by atoms with van der Waals surface area (Å²) in [6.45, 7) is 4.24. The second-order valence-electron chi connectivity index (χ2n) is 4.78. The number of benzene rings is 1. The summed E-state index contributed by atoms with van der Waals surface area (Å²) in [7, 11) is -1.74. The van der Waals surface area contributed by atoms with Crippen molar-refractivity contribution in [1.82, 2.24) is 9.62 Å². The van der Waals surface area contributed by atoms with E-state index < -0.39 is 10.0 Å². The summed E-state index contributed by atoms with van der Waals surface area (Å²) in [6, 6.07) is 7.35. The Hall–Kier alpha value is -1.86. The van der Waals surface area contributed by atoms with E-state index in [0.29, 0.717) is 6.54 Å². The van der Waals surface area contributed by atoms with E-state index in [1.165, 1.54) is 10.4 Å². The molecule has 0 atom stereocenters. The van der Waals surface area contributed by atoms with Crippen molar-refractivity contribution >= 4 is 15.9 Å². The third-order valence-corrected chi connectivity index (χ3v) is 4.31. The normalized spacial score (nSPS) is 11.2. The highest BCUT2D eigenvalue weighted by Gasteiger charge is 2.16. The number of nitrogens with one attached hydrogen (secondary N) is 1. The molecule has 7 heteroatoms. The van der Waals surface area contributed by atoms with Crippen LogP contribution < -0.4 is 10.1 Å². The van der Waals surface area contributed by atoms with Gasteiger partial charge in [-0.2, -0.15) is 4.31 Å². The van der Waals surface area contributed by atoms with Gasteiger partial charge in [-0.25, -0.2) is 8.42 Å². The first-order chi connectivity index (χ1) is 10.4. The molecule has 1 rings (SSSR count). The first-order valence-electron chi connectivity index (χ1n) is 6.82. The van der Waals surface area contributed by atoms with Crippen molar-refractivity contribution in [2.24, 2.45) is 0 Å². The molecular weight excluding hydrogens is 304 g/mol. The molecule has 0 saturated carbocycles. The number of carbonyl (C=O) groups is 1. The van der Waals surface area contributed by atoms with E-state index >= 15 is 0 Å². The lowest BCUT2D eigenvalue weighted by Gasteiger charge is -2.17.